The van der Waals surface area contributed by atoms with Gasteiger partial charge in [-0.05, 0) is 36.1 Å². The molecule has 0 spiro atoms. The number of likely N-dealkylation sites (tertiary alicyclic amines) is 1. The van der Waals surface area contributed by atoms with Gasteiger partial charge in [0, 0.05) is 37.5 Å². The molecule has 4 amide bonds. The molecule has 0 saturated carbocycles. The first kappa shape index (κ1) is 25.8. The van der Waals surface area contributed by atoms with E-state index >= 15 is 0 Å². The predicted octanol–water partition coefficient (Wildman–Crippen LogP) is 3.48. The van der Waals surface area contributed by atoms with Crippen LogP contribution >= 0.6 is 15.9 Å². The van der Waals surface area contributed by atoms with Crippen LogP contribution in [0, 0.1) is 11.8 Å². The van der Waals surface area contributed by atoms with Gasteiger partial charge in [0.2, 0.25) is 23.6 Å². The van der Waals surface area contributed by atoms with Gasteiger partial charge in [0.1, 0.15) is 6.04 Å². The molecular formula is C28H30BrN3O4. The molecule has 0 bridgehead atoms. The largest absolute Gasteiger partial charge is 0.357 e. The fourth-order valence-corrected chi connectivity index (χ4v) is 5.21. The summed E-state index contributed by atoms with van der Waals surface area (Å²) in [5.74, 6) is -1.60. The molecule has 2 aromatic carbocycles. The van der Waals surface area contributed by atoms with Gasteiger partial charge in [-0.25, -0.2) is 0 Å². The van der Waals surface area contributed by atoms with E-state index < -0.39 is 6.04 Å². The van der Waals surface area contributed by atoms with Crippen LogP contribution in [0.5, 0.6) is 0 Å². The molecule has 7 nitrogen and oxygen atoms in total. The number of rotatable bonds is 9. The number of benzene rings is 2. The van der Waals surface area contributed by atoms with Crippen LogP contribution in [0.25, 0.3) is 0 Å². The Bertz CT molecular complexity index is 1120. The molecule has 0 aromatic heterocycles. The molecule has 1 fully saturated rings. The van der Waals surface area contributed by atoms with E-state index in [0.29, 0.717) is 19.3 Å². The molecule has 0 radical (unpaired) electrons. The lowest BCUT2D eigenvalue weighted by atomic mass is 9.85. The van der Waals surface area contributed by atoms with Gasteiger partial charge >= 0.3 is 0 Å². The van der Waals surface area contributed by atoms with E-state index in [1.165, 1.54) is 4.90 Å². The van der Waals surface area contributed by atoms with Crippen molar-refractivity contribution < 1.29 is 19.2 Å². The van der Waals surface area contributed by atoms with Crippen molar-refractivity contribution in [1.29, 1.82) is 0 Å². The average Bonchev–Trinajstić information content (AvgIpc) is 3.15. The van der Waals surface area contributed by atoms with Crippen LogP contribution in [0.4, 0.5) is 0 Å². The molecular weight excluding hydrogens is 522 g/mol. The maximum atomic E-state index is 13.6. The Hall–Kier alpha value is -3.26. The number of nitrogens with one attached hydrogen (secondary N) is 1. The molecule has 2 aliphatic rings. The Morgan fingerprint density at radius 2 is 1.58 bits per heavy atom. The van der Waals surface area contributed by atoms with E-state index in [2.05, 4.69) is 21.2 Å². The molecule has 188 valence electrons. The van der Waals surface area contributed by atoms with Gasteiger partial charge in [-0.15, -0.1) is 0 Å². The lowest BCUT2D eigenvalue weighted by molar-refractivity contribution is -0.144. The van der Waals surface area contributed by atoms with Crippen molar-refractivity contribution >= 4 is 39.6 Å². The van der Waals surface area contributed by atoms with Crippen molar-refractivity contribution in [1.82, 2.24) is 15.1 Å². The summed E-state index contributed by atoms with van der Waals surface area (Å²) in [6.07, 6.45) is 5.32. The Morgan fingerprint density at radius 1 is 0.972 bits per heavy atom. The molecule has 1 saturated heterocycles. The summed E-state index contributed by atoms with van der Waals surface area (Å²) in [5.41, 5.74) is 1.81. The minimum Gasteiger partial charge on any atom is -0.357 e. The highest BCUT2D eigenvalue weighted by molar-refractivity contribution is 9.10. The zero-order valence-corrected chi connectivity index (χ0v) is 21.8. The van der Waals surface area contributed by atoms with Crippen molar-refractivity contribution in [2.24, 2.45) is 11.8 Å². The lowest BCUT2D eigenvalue weighted by Gasteiger charge is -2.31. The number of fused-ring (bicyclic) bond motifs is 1. The standard InChI is InChI=1S/C28H30BrN3O4/c1-30-26(34)24(17-19-7-3-2-4-8-19)32(18-20-11-13-21(29)14-12-20)25(33)15-16-31-27(35)22-9-5-6-10-23(22)28(31)36/h2-8,11-14,22-24H,9-10,15-18H2,1H3,(H,30,34)/t22-,23+,24?. The Morgan fingerprint density at radius 3 is 2.17 bits per heavy atom. The monoisotopic (exact) mass is 551 g/mol. The van der Waals surface area contributed by atoms with E-state index in [1.54, 1.807) is 11.9 Å². The highest BCUT2D eigenvalue weighted by atomic mass is 79.9. The number of carbonyl (C=O) groups excluding carboxylic acids is 4. The van der Waals surface area contributed by atoms with Crippen LogP contribution in [0.2, 0.25) is 0 Å². The van der Waals surface area contributed by atoms with Crippen LogP contribution in [-0.2, 0) is 32.1 Å². The number of hydrogen-bond donors (Lipinski definition) is 1. The summed E-state index contributed by atoms with van der Waals surface area (Å²) >= 11 is 3.43. The van der Waals surface area contributed by atoms with Gasteiger partial charge in [0.15, 0.2) is 0 Å². The normalized spacial score (nSPS) is 19.7. The van der Waals surface area contributed by atoms with Gasteiger partial charge in [-0.3, -0.25) is 24.1 Å². The highest BCUT2D eigenvalue weighted by Crippen LogP contribution is 2.35. The van der Waals surface area contributed by atoms with Crippen molar-refractivity contribution in [3.05, 3.63) is 82.3 Å². The minimum absolute atomic E-state index is 0.0200. The van der Waals surface area contributed by atoms with Crippen molar-refractivity contribution in [3.63, 3.8) is 0 Å². The van der Waals surface area contributed by atoms with Gasteiger partial charge in [0.05, 0.1) is 11.8 Å². The third-order valence-electron chi connectivity index (χ3n) is 6.93. The van der Waals surface area contributed by atoms with E-state index in [4.69, 9.17) is 0 Å². The Balaban J connectivity index is 1.55. The van der Waals surface area contributed by atoms with E-state index in [1.807, 2.05) is 66.7 Å². The molecule has 1 aliphatic heterocycles. The SMILES string of the molecule is CNC(=O)C(Cc1ccccc1)N(Cc1ccc(Br)cc1)C(=O)CCN1C(=O)[C@H]2CC=CC[C@H]2C1=O. The molecule has 4 rings (SSSR count). The molecule has 2 aromatic rings. The molecule has 36 heavy (non-hydrogen) atoms. The summed E-state index contributed by atoms with van der Waals surface area (Å²) in [4.78, 5) is 55.2. The summed E-state index contributed by atoms with van der Waals surface area (Å²) < 4.78 is 0.915. The number of amides is 4. The number of allylic oxidation sites excluding steroid dienone is 2. The van der Waals surface area contributed by atoms with Crippen LogP contribution < -0.4 is 5.32 Å². The second-order valence-corrected chi connectivity index (χ2v) is 10.1. The average molecular weight is 552 g/mol. The van der Waals surface area contributed by atoms with Crippen LogP contribution in [0.3, 0.4) is 0 Å². The van der Waals surface area contributed by atoms with E-state index in [0.717, 1.165) is 15.6 Å². The molecule has 1 aliphatic carbocycles. The quantitative estimate of drug-likeness (QED) is 0.382. The van der Waals surface area contributed by atoms with Crippen molar-refractivity contribution in [2.45, 2.75) is 38.3 Å². The van der Waals surface area contributed by atoms with Gasteiger partial charge in [-0.2, -0.15) is 0 Å². The topological polar surface area (TPSA) is 86.8 Å². The van der Waals surface area contributed by atoms with Crippen molar-refractivity contribution in [3.8, 4) is 0 Å². The predicted molar refractivity (Wildman–Crippen MR) is 139 cm³/mol. The van der Waals surface area contributed by atoms with Crippen LogP contribution in [0.15, 0.2) is 71.2 Å². The van der Waals surface area contributed by atoms with Crippen LogP contribution in [-0.4, -0.2) is 53.1 Å². The summed E-state index contributed by atoms with van der Waals surface area (Å²) in [5, 5.41) is 2.69. The first-order valence-corrected chi connectivity index (χ1v) is 13.0. The summed E-state index contributed by atoms with van der Waals surface area (Å²) in [7, 11) is 1.56. The number of likely N-dealkylation sites (N-methyl/N-ethyl adjacent to an activating group) is 1. The van der Waals surface area contributed by atoms with Crippen molar-refractivity contribution in [2.75, 3.05) is 13.6 Å². The minimum atomic E-state index is -0.745. The number of hydrogen-bond acceptors (Lipinski definition) is 4. The Kier molecular flexibility index (Phi) is 8.36. The molecule has 1 N–H and O–H groups in total. The second kappa shape index (κ2) is 11.6. The zero-order chi connectivity index (χ0) is 25.7. The van der Waals surface area contributed by atoms with Crippen LogP contribution in [0.1, 0.15) is 30.4 Å². The Labute approximate surface area is 219 Å². The summed E-state index contributed by atoms with van der Waals surface area (Å²) in [6, 6.07) is 16.4. The maximum Gasteiger partial charge on any atom is 0.242 e. The van der Waals surface area contributed by atoms with Gasteiger partial charge in [-0.1, -0.05) is 70.5 Å². The molecule has 1 unspecified atom stereocenters. The first-order chi connectivity index (χ1) is 17.4. The fraction of sp³-hybridized carbons (Fsp3) is 0.357. The number of carbonyl (C=O) groups is 4. The first-order valence-electron chi connectivity index (χ1n) is 12.2. The molecule has 1 heterocycles. The maximum absolute atomic E-state index is 13.6. The number of halogens is 1. The van der Waals surface area contributed by atoms with E-state index in [9.17, 15) is 19.2 Å². The third kappa shape index (κ3) is 5.75. The number of imide groups is 1. The van der Waals surface area contributed by atoms with E-state index in [-0.39, 0.29) is 55.0 Å². The lowest BCUT2D eigenvalue weighted by Crippen LogP contribution is -2.50. The second-order valence-electron chi connectivity index (χ2n) is 9.20. The smallest absolute Gasteiger partial charge is 0.242 e. The highest BCUT2D eigenvalue weighted by Gasteiger charge is 2.47. The van der Waals surface area contributed by atoms with Gasteiger partial charge < -0.3 is 10.2 Å². The third-order valence-corrected chi connectivity index (χ3v) is 7.46. The fourth-order valence-electron chi connectivity index (χ4n) is 4.95. The zero-order valence-electron chi connectivity index (χ0n) is 20.2. The summed E-state index contributed by atoms with van der Waals surface area (Å²) in [6.45, 7) is 0.250. The molecule has 8 heteroatoms. The molecule has 3 atom stereocenters. The van der Waals surface area contributed by atoms with Gasteiger partial charge in [0.25, 0.3) is 0 Å². The number of nitrogens with zero attached hydrogens (tertiary/aromatic N) is 2.